The van der Waals surface area contributed by atoms with Crippen LogP contribution in [0.3, 0.4) is 0 Å². The molecule has 0 aliphatic carbocycles. The topological polar surface area (TPSA) is 67.5 Å². The molecule has 2 aromatic heterocycles. The highest BCUT2D eigenvalue weighted by atomic mass is 16.6. The number of nitrogens with one attached hydrogen (secondary N) is 1. The fourth-order valence-electron chi connectivity index (χ4n) is 5.58. The van der Waals surface area contributed by atoms with Gasteiger partial charge in [-0.25, -0.2) is 9.78 Å². The van der Waals surface area contributed by atoms with Crippen LogP contribution < -0.4 is 9.64 Å². The molecule has 1 N–H and O–H groups in total. The molecule has 0 spiro atoms. The van der Waals surface area contributed by atoms with Gasteiger partial charge in [0.05, 0.1) is 12.2 Å². The predicted octanol–water partition coefficient (Wildman–Crippen LogP) is 8.63. The number of hydrogen-bond donors (Lipinski definition) is 1. The molecule has 1 aliphatic rings. The SMILES string of the molecule is Cc1ccccc1N1CCCC1c1ccc(-c2ccc(C(=O)OC(C)(C)C)c(Oc3cnc4[nH]ccc4c3)c2)cc1. The van der Waals surface area contributed by atoms with Crippen LogP contribution in [-0.4, -0.2) is 28.1 Å². The van der Waals surface area contributed by atoms with Crippen molar-refractivity contribution in [3.63, 3.8) is 0 Å². The quantitative estimate of drug-likeness (QED) is 0.216. The van der Waals surface area contributed by atoms with Gasteiger partial charge in [-0.2, -0.15) is 0 Å². The monoisotopic (exact) mass is 545 g/mol. The minimum atomic E-state index is -0.624. The highest BCUT2D eigenvalue weighted by molar-refractivity contribution is 5.94. The number of fused-ring (bicyclic) bond motifs is 1. The Labute approximate surface area is 241 Å². The molecule has 1 fully saturated rings. The van der Waals surface area contributed by atoms with Gasteiger partial charge in [-0.05, 0) is 93.1 Å². The van der Waals surface area contributed by atoms with E-state index in [0.717, 1.165) is 35.1 Å². The van der Waals surface area contributed by atoms with Crippen LogP contribution >= 0.6 is 0 Å². The maximum Gasteiger partial charge on any atom is 0.342 e. The molecular weight excluding hydrogens is 510 g/mol. The fourth-order valence-corrected chi connectivity index (χ4v) is 5.58. The fraction of sp³-hybridized carbons (Fsp3) is 0.257. The predicted molar refractivity (Wildman–Crippen MR) is 164 cm³/mol. The number of benzene rings is 3. The second-order valence-corrected chi connectivity index (χ2v) is 11.7. The number of para-hydroxylation sites is 1. The lowest BCUT2D eigenvalue weighted by molar-refractivity contribution is 0.00672. The molecule has 6 rings (SSSR count). The molecule has 3 aromatic carbocycles. The van der Waals surface area contributed by atoms with E-state index in [1.54, 1.807) is 12.3 Å². The van der Waals surface area contributed by atoms with Crippen molar-refractivity contribution in [2.45, 2.75) is 52.2 Å². The largest absolute Gasteiger partial charge is 0.456 e. The highest BCUT2D eigenvalue weighted by Gasteiger charge is 2.27. The third kappa shape index (κ3) is 5.68. The van der Waals surface area contributed by atoms with Gasteiger partial charge in [0, 0.05) is 23.8 Å². The van der Waals surface area contributed by atoms with Crippen molar-refractivity contribution in [3.8, 4) is 22.6 Å². The van der Waals surface area contributed by atoms with Crippen LogP contribution in [0.2, 0.25) is 0 Å². The maximum atomic E-state index is 13.1. The first-order valence-electron chi connectivity index (χ1n) is 14.2. The van der Waals surface area contributed by atoms with Gasteiger partial charge in [-0.15, -0.1) is 0 Å². The zero-order valence-electron chi connectivity index (χ0n) is 24.0. The van der Waals surface area contributed by atoms with Crippen molar-refractivity contribution in [2.24, 2.45) is 0 Å². The zero-order chi connectivity index (χ0) is 28.6. The minimum absolute atomic E-state index is 0.356. The molecule has 1 unspecified atom stereocenters. The molecule has 1 atom stereocenters. The number of carbonyl (C=O) groups is 1. The number of ether oxygens (including phenoxy) is 2. The molecule has 3 heterocycles. The summed E-state index contributed by atoms with van der Waals surface area (Å²) in [7, 11) is 0. The Morgan fingerprint density at radius 1 is 0.976 bits per heavy atom. The Hall–Kier alpha value is -4.58. The molecule has 208 valence electrons. The summed E-state index contributed by atoms with van der Waals surface area (Å²) in [4.78, 5) is 23.2. The van der Waals surface area contributed by atoms with Crippen molar-refractivity contribution in [2.75, 3.05) is 11.4 Å². The van der Waals surface area contributed by atoms with Crippen LogP contribution in [0.5, 0.6) is 11.5 Å². The number of aromatic nitrogens is 2. The number of aromatic amines is 1. The molecule has 1 saturated heterocycles. The minimum Gasteiger partial charge on any atom is -0.456 e. The van der Waals surface area contributed by atoms with Gasteiger partial charge in [0.2, 0.25) is 0 Å². The Morgan fingerprint density at radius 2 is 1.76 bits per heavy atom. The van der Waals surface area contributed by atoms with Gasteiger partial charge >= 0.3 is 5.97 Å². The van der Waals surface area contributed by atoms with Crippen LogP contribution in [0.25, 0.3) is 22.2 Å². The molecule has 5 aromatic rings. The van der Waals surface area contributed by atoms with E-state index in [-0.39, 0.29) is 0 Å². The molecular formula is C35H35N3O3. The summed E-state index contributed by atoms with van der Waals surface area (Å²) >= 11 is 0. The van der Waals surface area contributed by atoms with Crippen molar-refractivity contribution in [1.29, 1.82) is 0 Å². The van der Waals surface area contributed by atoms with E-state index in [1.165, 1.54) is 23.2 Å². The highest BCUT2D eigenvalue weighted by Crippen LogP contribution is 2.39. The Balaban J connectivity index is 1.31. The van der Waals surface area contributed by atoms with Crippen molar-refractivity contribution in [3.05, 3.63) is 108 Å². The van der Waals surface area contributed by atoms with Crippen LogP contribution in [-0.2, 0) is 4.74 Å². The number of anilines is 1. The molecule has 1 aliphatic heterocycles. The number of H-pyrrole nitrogens is 1. The van der Waals surface area contributed by atoms with E-state index in [9.17, 15) is 4.79 Å². The van der Waals surface area contributed by atoms with Crippen molar-refractivity contribution >= 4 is 22.7 Å². The number of hydrogen-bond acceptors (Lipinski definition) is 5. The summed E-state index contributed by atoms with van der Waals surface area (Å²) in [6, 6.07) is 27.2. The Morgan fingerprint density at radius 3 is 2.54 bits per heavy atom. The van der Waals surface area contributed by atoms with E-state index >= 15 is 0 Å². The van der Waals surface area contributed by atoms with Gasteiger partial charge in [-0.3, -0.25) is 0 Å². The standard InChI is InChI=1S/C35H35N3O3/c1-23-8-5-6-9-30(23)38-19-7-10-31(38)25-13-11-24(12-14-25)26-15-16-29(34(39)41-35(2,3)4)32(21-26)40-28-20-27-17-18-36-33(27)37-22-28/h5-6,8-9,11-18,20-22,31H,7,10,19H2,1-4H3,(H,36,37). The summed E-state index contributed by atoms with van der Waals surface area (Å²) in [6.45, 7) is 8.81. The molecule has 0 radical (unpaired) electrons. The first-order chi connectivity index (χ1) is 19.7. The van der Waals surface area contributed by atoms with Gasteiger partial charge < -0.3 is 19.4 Å². The number of aryl methyl sites for hydroxylation is 1. The maximum absolute atomic E-state index is 13.1. The molecule has 0 saturated carbocycles. The summed E-state index contributed by atoms with van der Waals surface area (Å²) < 4.78 is 12.0. The zero-order valence-corrected chi connectivity index (χ0v) is 24.0. The third-order valence-corrected chi connectivity index (χ3v) is 7.51. The molecule has 6 nitrogen and oxygen atoms in total. The van der Waals surface area contributed by atoms with Crippen molar-refractivity contribution in [1.82, 2.24) is 9.97 Å². The number of nitrogens with zero attached hydrogens (tertiary/aromatic N) is 2. The van der Waals surface area contributed by atoms with E-state index in [0.29, 0.717) is 23.1 Å². The number of rotatable bonds is 6. The van der Waals surface area contributed by atoms with Crippen LogP contribution in [0.15, 0.2) is 91.3 Å². The molecule has 0 amide bonds. The lowest BCUT2D eigenvalue weighted by Gasteiger charge is -2.29. The second kappa shape index (κ2) is 10.8. The average Bonchev–Trinajstić information content (AvgIpc) is 3.62. The van der Waals surface area contributed by atoms with Crippen LogP contribution in [0.1, 0.15) is 61.1 Å². The molecule has 0 bridgehead atoms. The van der Waals surface area contributed by atoms with Gasteiger partial charge in [-0.1, -0.05) is 48.5 Å². The summed E-state index contributed by atoms with van der Waals surface area (Å²) in [5.41, 5.74) is 6.45. The summed E-state index contributed by atoms with van der Waals surface area (Å²) in [5, 5.41) is 0.930. The lowest BCUT2D eigenvalue weighted by Crippen LogP contribution is -2.24. The summed E-state index contributed by atoms with van der Waals surface area (Å²) in [5.74, 6) is 0.550. The van der Waals surface area contributed by atoms with Crippen LogP contribution in [0, 0.1) is 6.92 Å². The van der Waals surface area contributed by atoms with Crippen molar-refractivity contribution < 1.29 is 14.3 Å². The Bertz CT molecular complexity index is 1700. The Kier molecular flexibility index (Phi) is 7.00. The molecule has 6 heteroatoms. The first-order valence-corrected chi connectivity index (χ1v) is 14.2. The normalized spacial score (nSPS) is 15.3. The second-order valence-electron chi connectivity index (χ2n) is 11.7. The summed E-state index contributed by atoms with van der Waals surface area (Å²) in [6.07, 6.45) is 5.80. The van der Waals surface area contributed by atoms with Gasteiger partial charge in [0.1, 0.15) is 28.3 Å². The van der Waals surface area contributed by atoms with E-state index in [4.69, 9.17) is 9.47 Å². The number of esters is 1. The first kappa shape index (κ1) is 26.6. The van der Waals surface area contributed by atoms with Crippen LogP contribution in [0.4, 0.5) is 5.69 Å². The smallest absolute Gasteiger partial charge is 0.342 e. The number of pyridine rings is 1. The van der Waals surface area contributed by atoms with E-state index in [2.05, 4.69) is 70.3 Å². The van der Waals surface area contributed by atoms with E-state index in [1.807, 2.05) is 51.2 Å². The van der Waals surface area contributed by atoms with Gasteiger partial charge in [0.25, 0.3) is 0 Å². The van der Waals surface area contributed by atoms with Gasteiger partial charge in [0.15, 0.2) is 0 Å². The van der Waals surface area contributed by atoms with E-state index < -0.39 is 11.6 Å². The third-order valence-electron chi connectivity index (χ3n) is 7.51. The molecule has 41 heavy (non-hydrogen) atoms. The lowest BCUT2D eigenvalue weighted by atomic mass is 9.98. The average molecular weight is 546 g/mol. The number of carbonyl (C=O) groups excluding carboxylic acids is 1.